The van der Waals surface area contributed by atoms with Crippen LogP contribution >= 0.6 is 0 Å². The second-order valence-corrected chi connectivity index (χ2v) is 7.92. The first-order valence-electron chi connectivity index (χ1n) is 11.5. The third-order valence-electron chi connectivity index (χ3n) is 5.60. The molecule has 0 heterocycles. The van der Waals surface area contributed by atoms with Crippen molar-refractivity contribution in [2.45, 2.75) is 20.3 Å². The first kappa shape index (κ1) is 23.1. The second-order valence-electron chi connectivity index (χ2n) is 7.92. The SMILES string of the molecule is CCCOc1ccccc1C(=O)Nc1ccc(C(=O)N(CC)c2cccc3ccccc23)cc1. The zero-order chi connectivity index (χ0) is 23.9. The lowest BCUT2D eigenvalue weighted by Crippen LogP contribution is -2.30. The van der Waals surface area contributed by atoms with Crippen molar-refractivity contribution in [3.05, 3.63) is 102 Å². The average molecular weight is 453 g/mol. The topological polar surface area (TPSA) is 58.6 Å². The molecule has 1 N–H and O–H groups in total. The van der Waals surface area contributed by atoms with E-state index in [1.54, 1.807) is 41.3 Å². The van der Waals surface area contributed by atoms with Gasteiger partial charge in [0.2, 0.25) is 0 Å². The van der Waals surface area contributed by atoms with Crippen LogP contribution in [0.15, 0.2) is 91.0 Å². The van der Waals surface area contributed by atoms with E-state index >= 15 is 0 Å². The van der Waals surface area contributed by atoms with Gasteiger partial charge in [0.1, 0.15) is 5.75 Å². The first-order valence-corrected chi connectivity index (χ1v) is 11.5. The van der Waals surface area contributed by atoms with Gasteiger partial charge in [-0.1, -0.05) is 55.5 Å². The molecule has 0 aromatic heterocycles. The van der Waals surface area contributed by atoms with Gasteiger partial charge in [0.25, 0.3) is 11.8 Å². The lowest BCUT2D eigenvalue weighted by atomic mass is 10.1. The van der Waals surface area contributed by atoms with Crippen molar-refractivity contribution >= 4 is 34.0 Å². The molecule has 0 aliphatic rings. The number of rotatable bonds is 8. The summed E-state index contributed by atoms with van der Waals surface area (Å²) in [4.78, 5) is 27.9. The van der Waals surface area contributed by atoms with Crippen LogP contribution in [0.3, 0.4) is 0 Å². The molecule has 0 radical (unpaired) electrons. The number of nitrogens with zero attached hydrogens (tertiary/aromatic N) is 1. The lowest BCUT2D eigenvalue weighted by Gasteiger charge is -2.23. The maximum atomic E-state index is 13.3. The fraction of sp³-hybridized carbons (Fsp3) is 0.172. The Hall–Kier alpha value is -4.12. The predicted octanol–water partition coefficient (Wildman–Crippen LogP) is 6.55. The number of fused-ring (bicyclic) bond motifs is 1. The van der Waals surface area contributed by atoms with Crippen molar-refractivity contribution in [2.24, 2.45) is 0 Å². The maximum Gasteiger partial charge on any atom is 0.259 e. The highest BCUT2D eigenvalue weighted by Crippen LogP contribution is 2.28. The third-order valence-corrected chi connectivity index (χ3v) is 5.60. The lowest BCUT2D eigenvalue weighted by molar-refractivity contribution is 0.0987. The number of carbonyl (C=O) groups excluding carboxylic acids is 2. The standard InChI is InChI=1S/C29H28N2O3/c1-3-20-34-27-15-8-7-13-25(27)28(32)30-23-18-16-22(17-19-23)29(33)31(4-2)26-14-9-11-21-10-5-6-12-24(21)26/h5-19H,3-4,20H2,1-2H3,(H,30,32). The fourth-order valence-electron chi connectivity index (χ4n) is 3.91. The molecule has 172 valence electrons. The van der Waals surface area contributed by atoms with Crippen molar-refractivity contribution in [1.82, 2.24) is 0 Å². The van der Waals surface area contributed by atoms with Gasteiger partial charge in [-0.05, 0) is 61.2 Å². The summed E-state index contributed by atoms with van der Waals surface area (Å²) in [5, 5.41) is 5.02. The molecule has 0 atom stereocenters. The van der Waals surface area contributed by atoms with E-state index in [0.717, 1.165) is 22.9 Å². The minimum atomic E-state index is -0.253. The van der Waals surface area contributed by atoms with Gasteiger partial charge in [0, 0.05) is 23.2 Å². The van der Waals surface area contributed by atoms with Gasteiger partial charge >= 0.3 is 0 Å². The van der Waals surface area contributed by atoms with E-state index in [4.69, 9.17) is 4.74 Å². The van der Waals surface area contributed by atoms with Crippen LogP contribution in [0.4, 0.5) is 11.4 Å². The predicted molar refractivity (Wildman–Crippen MR) is 138 cm³/mol. The Labute approximate surface area is 200 Å². The molecule has 0 aliphatic heterocycles. The molecule has 0 fully saturated rings. The Kier molecular flexibility index (Phi) is 7.23. The number of carbonyl (C=O) groups is 2. The number of nitrogens with one attached hydrogen (secondary N) is 1. The maximum absolute atomic E-state index is 13.3. The van der Waals surface area contributed by atoms with Crippen LogP contribution in [0.2, 0.25) is 0 Å². The molecule has 0 spiro atoms. The molecule has 4 aromatic rings. The van der Waals surface area contributed by atoms with Gasteiger partial charge in [0.15, 0.2) is 0 Å². The molecule has 5 heteroatoms. The summed E-state index contributed by atoms with van der Waals surface area (Å²) in [6.45, 7) is 5.07. The molecular formula is C29H28N2O3. The zero-order valence-corrected chi connectivity index (χ0v) is 19.5. The molecule has 34 heavy (non-hydrogen) atoms. The van der Waals surface area contributed by atoms with E-state index in [9.17, 15) is 9.59 Å². The quantitative estimate of drug-likeness (QED) is 0.330. The summed E-state index contributed by atoms with van der Waals surface area (Å²) >= 11 is 0. The highest BCUT2D eigenvalue weighted by Gasteiger charge is 2.18. The van der Waals surface area contributed by atoms with Crippen molar-refractivity contribution in [3.63, 3.8) is 0 Å². The zero-order valence-electron chi connectivity index (χ0n) is 19.5. The van der Waals surface area contributed by atoms with Crippen LogP contribution in [0.1, 0.15) is 41.0 Å². The first-order chi connectivity index (χ1) is 16.6. The van der Waals surface area contributed by atoms with Gasteiger partial charge in [-0.2, -0.15) is 0 Å². The van der Waals surface area contributed by atoms with Gasteiger partial charge in [-0.25, -0.2) is 0 Å². The minimum Gasteiger partial charge on any atom is -0.493 e. The summed E-state index contributed by atoms with van der Waals surface area (Å²) in [6, 6.07) is 28.2. The Morgan fingerprint density at radius 2 is 1.53 bits per heavy atom. The van der Waals surface area contributed by atoms with E-state index in [1.807, 2.05) is 68.4 Å². The van der Waals surface area contributed by atoms with Gasteiger partial charge in [0.05, 0.1) is 17.9 Å². The van der Waals surface area contributed by atoms with Gasteiger partial charge < -0.3 is 15.0 Å². The number of anilines is 2. The van der Waals surface area contributed by atoms with E-state index in [0.29, 0.717) is 35.7 Å². The Morgan fingerprint density at radius 3 is 2.29 bits per heavy atom. The van der Waals surface area contributed by atoms with E-state index in [2.05, 4.69) is 5.32 Å². The van der Waals surface area contributed by atoms with E-state index < -0.39 is 0 Å². The number of hydrogen-bond acceptors (Lipinski definition) is 3. The second kappa shape index (κ2) is 10.7. The average Bonchev–Trinajstić information content (AvgIpc) is 2.88. The molecule has 0 bridgehead atoms. The molecule has 0 unspecified atom stereocenters. The van der Waals surface area contributed by atoms with Crippen LogP contribution in [-0.4, -0.2) is 25.0 Å². The smallest absolute Gasteiger partial charge is 0.259 e. The van der Waals surface area contributed by atoms with E-state index in [1.165, 1.54) is 0 Å². The number of benzene rings is 4. The summed E-state index contributed by atoms with van der Waals surface area (Å²) in [6.07, 6.45) is 0.860. The summed E-state index contributed by atoms with van der Waals surface area (Å²) < 4.78 is 5.70. The number of amides is 2. The van der Waals surface area contributed by atoms with Crippen molar-refractivity contribution in [1.29, 1.82) is 0 Å². The number of ether oxygens (including phenoxy) is 1. The molecule has 0 saturated heterocycles. The van der Waals surface area contributed by atoms with Crippen molar-refractivity contribution in [3.8, 4) is 5.75 Å². The molecule has 4 rings (SSSR count). The van der Waals surface area contributed by atoms with Crippen molar-refractivity contribution < 1.29 is 14.3 Å². The van der Waals surface area contributed by atoms with Crippen LogP contribution in [-0.2, 0) is 0 Å². The Morgan fingerprint density at radius 1 is 0.824 bits per heavy atom. The van der Waals surface area contributed by atoms with Crippen LogP contribution in [0.5, 0.6) is 5.75 Å². The normalized spacial score (nSPS) is 10.6. The fourth-order valence-corrected chi connectivity index (χ4v) is 3.91. The molecule has 0 saturated carbocycles. The van der Waals surface area contributed by atoms with Crippen LogP contribution in [0.25, 0.3) is 10.8 Å². The molecule has 4 aromatic carbocycles. The minimum absolute atomic E-state index is 0.0879. The molecule has 0 aliphatic carbocycles. The van der Waals surface area contributed by atoms with Crippen molar-refractivity contribution in [2.75, 3.05) is 23.4 Å². The Bertz CT molecular complexity index is 1290. The molecular weight excluding hydrogens is 424 g/mol. The summed E-state index contributed by atoms with van der Waals surface area (Å²) in [5.41, 5.74) is 2.52. The largest absolute Gasteiger partial charge is 0.493 e. The highest BCUT2D eigenvalue weighted by atomic mass is 16.5. The van der Waals surface area contributed by atoms with Crippen LogP contribution in [0, 0.1) is 0 Å². The summed E-state index contributed by atoms with van der Waals surface area (Å²) in [7, 11) is 0. The monoisotopic (exact) mass is 452 g/mol. The molecule has 5 nitrogen and oxygen atoms in total. The molecule has 2 amide bonds. The third kappa shape index (κ3) is 4.94. The Balaban J connectivity index is 1.52. The van der Waals surface area contributed by atoms with Gasteiger partial charge in [-0.15, -0.1) is 0 Å². The van der Waals surface area contributed by atoms with E-state index in [-0.39, 0.29) is 11.8 Å². The van der Waals surface area contributed by atoms with Crippen LogP contribution < -0.4 is 15.0 Å². The highest BCUT2D eigenvalue weighted by molar-refractivity contribution is 6.11. The summed E-state index contributed by atoms with van der Waals surface area (Å²) in [5.74, 6) is 0.217. The number of hydrogen-bond donors (Lipinski definition) is 1. The number of para-hydroxylation sites is 1. The van der Waals surface area contributed by atoms with Gasteiger partial charge in [-0.3, -0.25) is 9.59 Å².